The van der Waals surface area contributed by atoms with Crippen LogP contribution in [0, 0.1) is 11.7 Å². The van der Waals surface area contributed by atoms with Crippen molar-refractivity contribution in [1.82, 2.24) is 9.88 Å². The van der Waals surface area contributed by atoms with Gasteiger partial charge >= 0.3 is 0 Å². The van der Waals surface area contributed by atoms with Gasteiger partial charge in [0.15, 0.2) is 0 Å². The van der Waals surface area contributed by atoms with Gasteiger partial charge in [-0.3, -0.25) is 9.59 Å². The fourth-order valence-electron chi connectivity index (χ4n) is 3.96. The van der Waals surface area contributed by atoms with E-state index in [2.05, 4.69) is 10.3 Å². The fourth-order valence-corrected chi connectivity index (χ4v) is 3.96. The van der Waals surface area contributed by atoms with Gasteiger partial charge in [-0.05, 0) is 55.2 Å². The molecule has 2 amide bonds. The van der Waals surface area contributed by atoms with Crippen LogP contribution in [0.3, 0.4) is 0 Å². The summed E-state index contributed by atoms with van der Waals surface area (Å²) in [6.45, 7) is 0.333. The lowest BCUT2D eigenvalue weighted by Crippen LogP contribution is -2.33. The van der Waals surface area contributed by atoms with Crippen LogP contribution < -0.4 is 5.32 Å². The summed E-state index contributed by atoms with van der Waals surface area (Å²) in [4.78, 5) is 31.0. The lowest BCUT2D eigenvalue weighted by molar-refractivity contribution is -0.116. The maximum Gasteiger partial charge on any atom is 0.254 e. The van der Waals surface area contributed by atoms with Crippen LogP contribution >= 0.6 is 0 Å². The van der Waals surface area contributed by atoms with Crippen LogP contribution in [-0.4, -0.2) is 28.2 Å². The van der Waals surface area contributed by atoms with Crippen LogP contribution in [0.15, 0.2) is 66.6 Å². The number of amides is 2. The maximum absolute atomic E-state index is 14.6. The number of aromatic nitrogens is 1. The Labute approximate surface area is 173 Å². The van der Waals surface area contributed by atoms with Gasteiger partial charge in [-0.15, -0.1) is 0 Å². The molecular formula is C23H21F2N3O2. The second kappa shape index (κ2) is 8.57. The van der Waals surface area contributed by atoms with Crippen molar-refractivity contribution in [3.8, 4) is 0 Å². The first-order chi connectivity index (χ1) is 14.5. The Morgan fingerprint density at radius 2 is 2.07 bits per heavy atom. The SMILES string of the molecule is O=C(CCC1c2c(F)cccc2C(=O)N1CC1C=CC(F)=CC1)Nc1ccccn1. The first kappa shape index (κ1) is 19.9. The van der Waals surface area contributed by atoms with Crippen molar-refractivity contribution in [3.05, 3.63) is 83.6 Å². The van der Waals surface area contributed by atoms with Crippen molar-refractivity contribution >= 4 is 17.6 Å². The van der Waals surface area contributed by atoms with E-state index in [-0.39, 0.29) is 36.4 Å². The predicted octanol–water partition coefficient (Wildman–Crippen LogP) is 4.57. The molecule has 0 radical (unpaired) electrons. The monoisotopic (exact) mass is 409 g/mol. The molecule has 0 fully saturated rings. The Morgan fingerprint density at radius 3 is 2.80 bits per heavy atom. The number of carbonyl (C=O) groups is 2. The molecule has 2 atom stereocenters. The molecule has 2 aliphatic rings. The first-order valence-corrected chi connectivity index (χ1v) is 9.87. The molecule has 4 rings (SSSR count). The smallest absolute Gasteiger partial charge is 0.254 e. The molecule has 0 saturated carbocycles. The molecule has 2 unspecified atom stereocenters. The number of pyridine rings is 1. The maximum atomic E-state index is 14.6. The van der Waals surface area contributed by atoms with Crippen molar-refractivity contribution in [2.45, 2.75) is 25.3 Å². The molecule has 2 heterocycles. The molecule has 0 bridgehead atoms. The number of hydrogen-bond donors (Lipinski definition) is 1. The third-order valence-electron chi connectivity index (χ3n) is 5.41. The number of anilines is 1. The first-order valence-electron chi connectivity index (χ1n) is 9.87. The summed E-state index contributed by atoms with van der Waals surface area (Å²) in [5, 5.41) is 2.71. The minimum Gasteiger partial charge on any atom is -0.331 e. The number of allylic oxidation sites excluding steroid dienone is 3. The quantitative estimate of drug-likeness (QED) is 0.761. The van der Waals surface area contributed by atoms with E-state index < -0.39 is 11.9 Å². The molecule has 7 heteroatoms. The molecular weight excluding hydrogens is 388 g/mol. The number of nitrogens with zero attached hydrogens (tertiary/aromatic N) is 2. The Balaban J connectivity index is 1.50. The van der Waals surface area contributed by atoms with E-state index in [0.29, 0.717) is 29.9 Å². The van der Waals surface area contributed by atoms with E-state index in [1.165, 1.54) is 24.3 Å². The zero-order valence-electron chi connectivity index (χ0n) is 16.2. The summed E-state index contributed by atoms with van der Waals surface area (Å²) in [6.07, 6.45) is 7.02. The van der Waals surface area contributed by atoms with Gasteiger partial charge in [-0.25, -0.2) is 13.8 Å². The molecule has 1 aliphatic heterocycles. The Hall–Kier alpha value is -3.35. The van der Waals surface area contributed by atoms with Gasteiger partial charge in [-0.1, -0.05) is 18.2 Å². The van der Waals surface area contributed by atoms with E-state index in [4.69, 9.17) is 0 Å². The zero-order chi connectivity index (χ0) is 21.1. The van der Waals surface area contributed by atoms with Crippen molar-refractivity contribution in [3.63, 3.8) is 0 Å². The van der Waals surface area contributed by atoms with Crippen molar-refractivity contribution in [1.29, 1.82) is 0 Å². The van der Waals surface area contributed by atoms with Gasteiger partial charge in [-0.2, -0.15) is 0 Å². The minimum atomic E-state index is -0.549. The van der Waals surface area contributed by atoms with Crippen LogP contribution in [0.25, 0.3) is 0 Å². The highest BCUT2D eigenvalue weighted by atomic mass is 19.1. The highest BCUT2D eigenvalue weighted by Crippen LogP contribution is 2.39. The number of fused-ring (bicyclic) bond motifs is 1. The molecule has 0 spiro atoms. The van der Waals surface area contributed by atoms with Crippen LogP contribution in [0.1, 0.15) is 41.2 Å². The molecule has 1 aromatic carbocycles. The van der Waals surface area contributed by atoms with Gasteiger partial charge in [0.25, 0.3) is 5.91 Å². The van der Waals surface area contributed by atoms with Gasteiger partial charge in [0.05, 0.1) is 6.04 Å². The average Bonchev–Trinajstić information content (AvgIpc) is 3.01. The average molecular weight is 409 g/mol. The Kier molecular flexibility index (Phi) is 5.70. The summed E-state index contributed by atoms with van der Waals surface area (Å²) < 4.78 is 27.9. The van der Waals surface area contributed by atoms with Crippen LogP contribution in [0.4, 0.5) is 14.6 Å². The van der Waals surface area contributed by atoms with Gasteiger partial charge < -0.3 is 10.2 Å². The Bertz CT molecular complexity index is 1020. The standard InChI is InChI=1S/C23H21F2N3O2/c24-16-9-7-15(8-10-16)14-28-19(22-17(23(28)30)4-3-5-18(22)25)11-12-21(29)27-20-6-1-2-13-26-20/h1-7,9-10,13,15,19H,8,11-12,14H2,(H,26,27,29). The summed E-state index contributed by atoms with van der Waals surface area (Å²) in [7, 11) is 0. The molecule has 5 nitrogen and oxygen atoms in total. The number of rotatable bonds is 6. The molecule has 1 N–H and O–H groups in total. The van der Waals surface area contributed by atoms with E-state index in [1.807, 2.05) is 0 Å². The molecule has 154 valence electrons. The molecule has 1 aliphatic carbocycles. The summed E-state index contributed by atoms with van der Waals surface area (Å²) in [5.41, 5.74) is 0.654. The molecule has 2 aromatic rings. The topological polar surface area (TPSA) is 62.3 Å². The van der Waals surface area contributed by atoms with Crippen LogP contribution in [-0.2, 0) is 4.79 Å². The van der Waals surface area contributed by atoms with E-state index in [9.17, 15) is 18.4 Å². The van der Waals surface area contributed by atoms with Crippen molar-refractivity contribution in [2.24, 2.45) is 5.92 Å². The molecule has 30 heavy (non-hydrogen) atoms. The lowest BCUT2D eigenvalue weighted by atomic mass is 9.97. The predicted molar refractivity (Wildman–Crippen MR) is 109 cm³/mol. The number of hydrogen-bond acceptors (Lipinski definition) is 3. The highest BCUT2D eigenvalue weighted by molar-refractivity contribution is 5.99. The molecule has 0 saturated heterocycles. The second-order valence-electron chi connectivity index (χ2n) is 7.42. The van der Waals surface area contributed by atoms with Crippen LogP contribution in [0.5, 0.6) is 0 Å². The third-order valence-corrected chi connectivity index (χ3v) is 5.41. The minimum absolute atomic E-state index is 0.0596. The highest BCUT2D eigenvalue weighted by Gasteiger charge is 2.39. The fraction of sp³-hybridized carbons (Fsp3) is 0.261. The Morgan fingerprint density at radius 1 is 1.20 bits per heavy atom. The van der Waals surface area contributed by atoms with E-state index in [0.717, 1.165) is 0 Å². The normalized spacial score (nSPS) is 20.1. The van der Waals surface area contributed by atoms with Crippen molar-refractivity contribution < 1.29 is 18.4 Å². The van der Waals surface area contributed by atoms with Gasteiger partial charge in [0.1, 0.15) is 17.5 Å². The number of nitrogens with one attached hydrogen (secondary N) is 1. The van der Waals surface area contributed by atoms with Gasteiger partial charge in [0.2, 0.25) is 5.91 Å². The third kappa shape index (κ3) is 4.15. The molecule has 1 aromatic heterocycles. The van der Waals surface area contributed by atoms with E-state index in [1.54, 1.807) is 41.4 Å². The largest absolute Gasteiger partial charge is 0.331 e. The second-order valence-corrected chi connectivity index (χ2v) is 7.42. The zero-order valence-corrected chi connectivity index (χ0v) is 16.2. The van der Waals surface area contributed by atoms with Gasteiger partial charge in [0, 0.05) is 30.3 Å². The van der Waals surface area contributed by atoms with Crippen molar-refractivity contribution in [2.75, 3.05) is 11.9 Å². The summed E-state index contributed by atoms with van der Waals surface area (Å²) in [6, 6.07) is 9.10. The lowest BCUT2D eigenvalue weighted by Gasteiger charge is -2.29. The summed E-state index contributed by atoms with van der Waals surface area (Å²) >= 11 is 0. The number of benzene rings is 1. The summed E-state index contributed by atoms with van der Waals surface area (Å²) in [5.74, 6) is -0.888. The number of halogens is 2. The number of carbonyl (C=O) groups excluding carboxylic acids is 2. The van der Waals surface area contributed by atoms with Crippen LogP contribution in [0.2, 0.25) is 0 Å². The van der Waals surface area contributed by atoms with E-state index >= 15 is 0 Å².